The molecule has 3 aromatic rings. The number of rotatable bonds is 3. The van der Waals surface area contributed by atoms with Crippen molar-refractivity contribution < 1.29 is 4.39 Å². The van der Waals surface area contributed by atoms with Gasteiger partial charge in [0.2, 0.25) is 5.95 Å². The Bertz CT molecular complexity index is 989. The number of aryl methyl sites for hydroxylation is 1. The maximum absolute atomic E-state index is 13.4. The van der Waals surface area contributed by atoms with Gasteiger partial charge in [0, 0.05) is 24.8 Å². The van der Waals surface area contributed by atoms with Crippen molar-refractivity contribution in [3.8, 4) is 0 Å². The van der Waals surface area contributed by atoms with Crippen LogP contribution in [0.4, 0.5) is 21.8 Å². The second kappa shape index (κ2) is 7.21. The molecule has 0 saturated carbocycles. The molecule has 0 aliphatic carbocycles. The normalized spacial score (nSPS) is 15.3. The summed E-state index contributed by atoms with van der Waals surface area (Å²) >= 11 is 5.87. The highest BCUT2D eigenvalue weighted by Gasteiger charge is 2.20. The number of nitrogens with one attached hydrogen (secondary N) is 1. The van der Waals surface area contributed by atoms with Crippen LogP contribution in [-0.2, 0) is 0 Å². The predicted molar refractivity (Wildman–Crippen MR) is 104 cm³/mol. The van der Waals surface area contributed by atoms with Gasteiger partial charge in [-0.25, -0.2) is 24.3 Å². The molecule has 1 fully saturated rings. The van der Waals surface area contributed by atoms with E-state index in [2.05, 4.69) is 25.2 Å². The fraction of sp³-hybridized carbons (Fsp3) is 0.333. The number of hydrogen-bond donors (Lipinski definition) is 2. The molecule has 1 aliphatic heterocycles. The summed E-state index contributed by atoms with van der Waals surface area (Å²) in [6.07, 6.45) is 3.27. The van der Waals surface area contributed by atoms with Gasteiger partial charge < -0.3 is 16.0 Å². The van der Waals surface area contributed by atoms with Gasteiger partial charge in [-0.2, -0.15) is 0 Å². The highest BCUT2D eigenvalue weighted by Crippen LogP contribution is 2.27. The summed E-state index contributed by atoms with van der Waals surface area (Å²) in [5, 5.41) is 3.18. The van der Waals surface area contributed by atoms with E-state index in [0.29, 0.717) is 28.5 Å². The molecule has 3 heterocycles. The van der Waals surface area contributed by atoms with Crippen molar-refractivity contribution in [1.82, 2.24) is 19.9 Å². The van der Waals surface area contributed by atoms with Gasteiger partial charge in [0.15, 0.2) is 5.82 Å². The number of aromatic nitrogens is 4. The first-order chi connectivity index (χ1) is 13.0. The molecule has 7 nitrogen and oxygen atoms in total. The summed E-state index contributed by atoms with van der Waals surface area (Å²) in [5.41, 5.74) is 8.65. The smallest absolute Gasteiger partial charge is 0.226 e. The number of nitrogens with zero attached hydrogens (tertiary/aromatic N) is 5. The van der Waals surface area contributed by atoms with E-state index >= 15 is 0 Å². The lowest BCUT2D eigenvalue weighted by molar-refractivity contribution is 0.496. The Morgan fingerprint density at radius 3 is 2.70 bits per heavy atom. The van der Waals surface area contributed by atoms with Gasteiger partial charge in [-0.15, -0.1) is 0 Å². The first kappa shape index (κ1) is 17.8. The van der Waals surface area contributed by atoms with E-state index in [4.69, 9.17) is 22.3 Å². The number of nitrogens with two attached hydrogens (primary N) is 1. The van der Waals surface area contributed by atoms with E-state index in [1.54, 1.807) is 6.07 Å². The average molecular weight is 388 g/mol. The molecule has 0 atom stereocenters. The molecule has 0 radical (unpaired) electrons. The SMILES string of the molecule is Cc1nc(N2CCC(N)CC2)nc2c(Nc3ccc(F)c(Cl)c3)ncnc12. The number of halogens is 2. The van der Waals surface area contributed by atoms with Crippen LogP contribution in [0, 0.1) is 12.7 Å². The van der Waals surface area contributed by atoms with Gasteiger partial charge in [0.25, 0.3) is 0 Å². The Balaban J connectivity index is 1.73. The summed E-state index contributed by atoms with van der Waals surface area (Å²) in [6.45, 7) is 3.53. The van der Waals surface area contributed by atoms with E-state index in [0.717, 1.165) is 31.6 Å². The Hall–Kier alpha value is -2.58. The van der Waals surface area contributed by atoms with Crippen LogP contribution < -0.4 is 16.0 Å². The van der Waals surface area contributed by atoms with Gasteiger partial charge in [-0.1, -0.05) is 11.6 Å². The lowest BCUT2D eigenvalue weighted by Crippen LogP contribution is -2.40. The van der Waals surface area contributed by atoms with E-state index in [-0.39, 0.29) is 11.1 Å². The van der Waals surface area contributed by atoms with E-state index in [1.807, 2.05) is 6.92 Å². The summed E-state index contributed by atoms with van der Waals surface area (Å²) < 4.78 is 13.4. The van der Waals surface area contributed by atoms with E-state index < -0.39 is 5.82 Å². The lowest BCUT2D eigenvalue weighted by atomic mass is 10.1. The van der Waals surface area contributed by atoms with Gasteiger partial charge in [-0.3, -0.25) is 0 Å². The summed E-state index contributed by atoms with van der Waals surface area (Å²) in [7, 11) is 0. The molecular weight excluding hydrogens is 369 g/mol. The van der Waals surface area contributed by atoms with Gasteiger partial charge >= 0.3 is 0 Å². The van der Waals surface area contributed by atoms with Gasteiger partial charge in [0.1, 0.15) is 23.2 Å². The first-order valence-electron chi connectivity index (χ1n) is 8.73. The number of hydrogen-bond acceptors (Lipinski definition) is 7. The summed E-state index contributed by atoms with van der Waals surface area (Å²) in [6, 6.07) is 4.63. The average Bonchev–Trinajstić information content (AvgIpc) is 2.66. The highest BCUT2D eigenvalue weighted by atomic mass is 35.5. The molecule has 2 aromatic heterocycles. The zero-order valence-corrected chi connectivity index (χ0v) is 15.5. The third-order valence-corrected chi connectivity index (χ3v) is 4.94. The molecule has 4 rings (SSSR count). The molecule has 3 N–H and O–H groups in total. The fourth-order valence-corrected chi connectivity index (χ4v) is 3.30. The molecule has 0 spiro atoms. The molecule has 9 heteroatoms. The monoisotopic (exact) mass is 387 g/mol. The molecule has 1 aromatic carbocycles. The van der Waals surface area contributed by atoms with Crippen LogP contribution in [0.15, 0.2) is 24.5 Å². The molecule has 140 valence electrons. The third-order valence-electron chi connectivity index (χ3n) is 4.65. The third kappa shape index (κ3) is 3.63. The lowest BCUT2D eigenvalue weighted by Gasteiger charge is -2.30. The fourth-order valence-electron chi connectivity index (χ4n) is 3.12. The number of fused-ring (bicyclic) bond motifs is 1. The zero-order chi connectivity index (χ0) is 19.0. The molecule has 1 aliphatic rings. The van der Waals surface area contributed by atoms with Crippen LogP contribution >= 0.6 is 11.6 Å². The van der Waals surface area contributed by atoms with Crippen LogP contribution in [0.2, 0.25) is 5.02 Å². The molecule has 0 amide bonds. The van der Waals surface area contributed by atoms with Crippen LogP contribution in [0.1, 0.15) is 18.5 Å². The molecule has 27 heavy (non-hydrogen) atoms. The Labute approximate surface area is 160 Å². The Morgan fingerprint density at radius 1 is 1.19 bits per heavy atom. The first-order valence-corrected chi connectivity index (χ1v) is 9.11. The van der Waals surface area contributed by atoms with Crippen molar-refractivity contribution in [2.45, 2.75) is 25.8 Å². The Kier molecular flexibility index (Phi) is 4.75. The minimum Gasteiger partial charge on any atom is -0.341 e. The molecule has 0 unspecified atom stereocenters. The largest absolute Gasteiger partial charge is 0.341 e. The van der Waals surface area contributed by atoms with Gasteiger partial charge in [0.05, 0.1) is 10.7 Å². The zero-order valence-electron chi connectivity index (χ0n) is 14.8. The number of piperidine rings is 1. The maximum Gasteiger partial charge on any atom is 0.226 e. The Morgan fingerprint density at radius 2 is 1.96 bits per heavy atom. The quantitative estimate of drug-likeness (QED) is 0.712. The number of anilines is 3. The van der Waals surface area contributed by atoms with Crippen molar-refractivity contribution in [1.29, 1.82) is 0 Å². The second-order valence-corrected chi connectivity index (χ2v) is 7.01. The summed E-state index contributed by atoms with van der Waals surface area (Å²) in [4.78, 5) is 20.1. The van der Waals surface area contributed by atoms with E-state index in [9.17, 15) is 4.39 Å². The standard InChI is InChI=1S/C18H19ClFN7/c1-10-15-16(26-18(24-10)27-6-4-11(21)5-7-27)17(23-9-22-15)25-12-2-3-14(20)13(19)8-12/h2-3,8-9,11H,4-7,21H2,1H3,(H,22,23,25). The summed E-state index contributed by atoms with van der Waals surface area (Å²) in [5.74, 6) is 0.684. The van der Waals surface area contributed by atoms with Crippen molar-refractivity contribution in [2.75, 3.05) is 23.3 Å². The highest BCUT2D eigenvalue weighted by molar-refractivity contribution is 6.31. The van der Waals surface area contributed by atoms with Crippen molar-refractivity contribution in [2.24, 2.45) is 5.73 Å². The van der Waals surface area contributed by atoms with Crippen LogP contribution in [0.25, 0.3) is 11.0 Å². The molecule has 0 bridgehead atoms. The van der Waals surface area contributed by atoms with Crippen LogP contribution in [-0.4, -0.2) is 39.1 Å². The minimum absolute atomic E-state index is 0.0366. The van der Waals surface area contributed by atoms with Crippen LogP contribution in [0.3, 0.4) is 0 Å². The van der Waals surface area contributed by atoms with E-state index in [1.165, 1.54) is 18.5 Å². The van der Waals surface area contributed by atoms with Crippen molar-refractivity contribution >= 4 is 40.1 Å². The van der Waals surface area contributed by atoms with Gasteiger partial charge in [-0.05, 0) is 38.0 Å². The number of benzene rings is 1. The molecule has 1 saturated heterocycles. The van der Waals surface area contributed by atoms with Crippen molar-refractivity contribution in [3.05, 3.63) is 41.1 Å². The predicted octanol–water partition coefficient (Wildman–Crippen LogP) is 3.19. The van der Waals surface area contributed by atoms with Crippen LogP contribution in [0.5, 0.6) is 0 Å². The van der Waals surface area contributed by atoms with Crippen molar-refractivity contribution in [3.63, 3.8) is 0 Å². The topological polar surface area (TPSA) is 92.9 Å². The minimum atomic E-state index is -0.474. The molecular formula is C18H19ClFN7. The maximum atomic E-state index is 13.4. The second-order valence-electron chi connectivity index (χ2n) is 6.61.